The lowest BCUT2D eigenvalue weighted by atomic mass is 9.91. The number of aromatic nitrogens is 2. The Labute approximate surface area is 179 Å². The molecule has 1 saturated carbocycles. The van der Waals surface area contributed by atoms with Crippen molar-refractivity contribution in [2.45, 2.75) is 44.2 Å². The van der Waals surface area contributed by atoms with Crippen LogP contribution in [0.25, 0.3) is 11.0 Å². The van der Waals surface area contributed by atoms with Gasteiger partial charge in [0, 0.05) is 13.1 Å². The van der Waals surface area contributed by atoms with E-state index in [2.05, 4.69) is 15.3 Å². The van der Waals surface area contributed by atoms with Crippen LogP contribution in [0, 0.1) is 0 Å². The molecule has 0 bridgehead atoms. The maximum atomic E-state index is 13.4. The number of imidazole rings is 1. The zero-order chi connectivity index (χ0) is 21.5. The van der Waals surface area contributed by atoms with Gasteiger partial charge in [-0.05, 0) is 42.2 Å². The average Bonchev–Trinajstić information content (AvgIpc) is 3.32. The molecule has 0 spiro atoms. The summed E-state index contributed by atoms with van der Waals surface area (Å²) in [6.07, 6.45) is 4.72. The molecular formula is C23H24N4O4. The van der Waals surface area contributed by atoms with Crippen molar-refractivity contribution >= 4 is 23.0 Å². The van der Waals surface area contributed by atoms with Crippen LogP contribution in [0.4, 0.5) is 4.79 Å². The number of benzene rings is 2. The molecular weight excluding hydrogens is 396 g/mol. The maximum absolute atomic E-state index is 13.4. The number of hydrogen-bond donors (Lipinski definition) is 3. The molecule has 5 rings (SSSR count). The van der Waals surface area contributed by atoms with E-state index in [1.54, 1.807) is 12.1 Å². The number of H-pyrrole nitrogens is 1. The number of fused-ring (bicyclic) bond motifs is 2. The van der Waals surface area contributed by atoms with E-state index in [1.165, 1.54) is 13.5 Å². The van der Waals surface area contributed by atoms with Crippen molar-refractivity contribution in [3.8, 4) is 11.8 Å². The van der Waals surface area contributed by atoms with Gasteiger partial charge in [0.15, 0.2) is 0 Å². The van der Waals surface area contributed by atoms with E-state index in [1.807, 2.05) is 29.2 Å². The molecule has 0 radical (unpaired) electrons. The first kappa shape index (κ1) is 19.4. The Morgan fingerprint density at radius 2 is 2.03 bits per heavy atom. The number of aromatic amines is 1. The Hall–Kier alpha value is -3.55. The Bertz CT molecular complexity index is 1170. The van der Waals surface area contributed by atoms with Gasteiger partial charge in [0.25, 0.3) is 5.91 Å². The summed E-state index contributed by atoms with van der Waals surface area (Å²) in [7, 11) is 1.48. The van der Waals surface area contributed by atoms with Crippen molar-refractivity contribution in [3.63, 3.8) is 0 Å². The minimum absolute atomic E-state index is 0.0229. The van der Waals surface area contributed by atoms with E-state index in [-0.39, 0.29) is 29.8 Å². The lowest BCUT2D eigenvalue weighted by molar-refractivity contribution is 0.0610. The fourth-order valence-electron chi connectivity index (χ4n) is 4.85. The van der Waals surface area contributed by atoms with Gasteiger partial charge in [-0.25, -0.2) is 4.79 Å². The van der Waals surface area contributed by atoms with Crippen LogP contribution >= 0.6 is 0 Å². The molecule has 1 aromatic heterocycles. The van der Waals surface area contributed by atoms with E-state index in [4.69, 9.17) is 4.74 Å². The van der Waals surface area contributed by atoms with E-state index < -0.39 is 6.09 Å². The second kappa shape index (κ2) is 7.61. The quantitative estimate of drug-likeness (QED) is 0.596. The van der Waals surface area contributed by atoms with Crippen molar-refractivity contribution in [3.05, 3.63) is 53.1 Å². The van der Waals surface area contributed by atoms with Gasteiger partial charge in [-0.2, -0.15) is 4.98 Å². The highest BCUT2D eigenvalue weighted by molar-refractivity contribution is 6.02. The van der Waals surface area contributed by atoms with Crippen molar-refractivity contribution in [1.29, 1.82) is 0 Å². The predicted octanol–water partition coefficient (Wildman–Crippen LogP) is 3.86. The number of rotatable bonds is 3. The van der Waals surface area contributed by atoms with Gasteiger partial charge in [-0.15, -0.1) is 0 Å². The Morgan fingerprint density at radius 3 is 2.81 bits per heavy atom. The predicted molar refractivity (Wildman–Crippen MR) is 114 cm³/mol. The molecule has 31 heavy (non-hydrogen) atoms. The van der Waals surface area contributed by atoms with Crippen LogP contribution < -0.4 is 10.1 Å². The van der Waals surface area contributed by atoms with Crippen LogP contribution in [-0.2, 0) is 0 Å². The van der Waals surface area contributed by atoms with Gasteiger partial charge in [0.2, 0.25) is 0 Å². The molecule has 8 heteroatoms. The van der Waals surface area contributed by atoms with E-state index in [0.717, 1.165) is 36.8 Å². The summed E-state index contributed by atoms with van der Waals surface area (Å²) >= 11 is 0. The molecule has 1 unspecified atom stereocenters. The van der Waals surface area contributed by atoms with E-state index in [9.17, 15) is 14.7 Å². The van der Waals surface area contributed by atoms with Crippen LogP contribution in [0.2, 0.25) is 0 Å². The molecule has 8 nitrogen and oxygen atoms in total. The molecule has 1 fully saturated rings. The second-order valence-corrected chi connectivity index (χ2v) is 8.11. The molecule has 0 saturated heterocycles. The number of aromatic hydroxyl groups is 1. The SMILES string of the molecule is CNC(=O)Oc1nc2ccc(C3c4cccc(O)c4C(=O)N3C3CCCCC3)cc2[nH]1. The summed E-state index contributed by atoms with van der Waals surface area (Å²) in [4.78, 5) is 34.2. The highest BCUT2D eigenvalue weighted by atomic mass is 16.6. The molecule has 3 N–H and O–H groups in total. The van der Waals surface area contributed by atoms with Crippen LogP contribution in [0.5, 0.6) is 11.8 Å². The first-order valence-corrected chi connectivity index (χ1v) is 10.6. The number of carbonyl (C=O) groups is 2. The first-order chi connectivity index (χ1) is 15.1. The highest BCUT2D eigenvalue weighted by Gasteiger charge is 2.43. The number of hydrogen-bond acceptors (Lipinski definition) is 5. The van der Waals surface area contributed by atoms with Crippen LogP contribution in [0.1, 0.15) is 59.6 Å². The second-order valence-electron chi connectivity index (χ2n) is 8.11. The summed E-state index contributed by atoms with van der Waals surface area (Å²) < 4.78 is 5.10. The number of phenolic OH excluding ortho intramolecular Hbond substituents is 1. The van der Waals surface area contributed by atoms with Crippen molar-refractivity contribution in [2.75, 3.05) is 7.05 Å². The smallest absolute Gasteiger partial charge is 0.414 e. The third-order valence-corrected chi connectivity index (χ3v) is 6.26. The largest absolute Gasteiger partial charge is 0.507 e. The molecule has 2 aliphatic rings. The van der Waals surface area contributed by atoms with Gasteiger partial charge in [0.1, 0.15) is 5.75 Å². The normalized spacial score (nSPS) is 18.9. The minimum atomic E-state index is -0.603. The topological polar surface area (TPSA) is 108 Å². The van der Waals surface area contributed by atoms with Crippen molar-refractivity contribution in [2.24, 2.45) is 0 Å². The summed E-state index contributed by atoms with van der Waals surface area (Å²) in [5, 5.41) is 12.8. The molecule has 2 heterocycles. The van der Waals surface area contributed by atoms with E-state index in [0.29, 0.717) is 16.6 Å². The molecule has 1 aliphatic carbocycles. The Balaban J connectivity index is 1.58. The summed E-state index contributed by atoms with van der Waals surface area (Å²) in [5.74, 6) is -0.0898. The minimum Gasteiger partial charge on any atom is -0.507 e. The number of phenols is 1. The van der Waals surface area contributed by atoms with Crippen LogP contribution in [0.3, 0.4) is 0 Å². The third kappa shape index (κ3) is 3.28. The molecule has 1 aliphatic heterocycles. The van der Waals surface area contributed by atoms with Gasteiger partial charge in [-0.3, -0.25) is 4.79 Å². The van der Waals surface area contributed by atoms with Crippen LogP contribution in [0.15, 0.2) is 36.4 Å². The number of amides is 2. The lowest BCUT2D eigenvalue weighted by Gasteiger charge is -2.36. The summed E-state index contributed by atoms with van der Waals surface area (Å²) in [6, 6.07) is 11.0. The van der Waals surface area contributed by atoms with E-state index >= 15 is 0 Å². The molecule has 3 aromatic rings. The summed E-state index contributed by atoms with van der Waals surface area (Å²) in [5.41, 5.74) is 3.50. The van der Waals surface area contributed by atoms with Gasteiger partial charge >= 0.3 is 12.1 Å². The molecule has 2 aromatic carbocycles. The maximum Gasteiger partial charge on any atom is 0.414 e. The number of nitrogens with one attached hydrogen (secondary N) is 2. The molecule has 2 amide bonds. The highest BCUT2D eigenvalue weighted by Crippen LogP contribution is 2.45. The number of nitrogens with zero attached hydrogens (tertiary/aromatic N) is 2. The lowest BCUT2D eigenvalue weighted by Crippen LogP contribution is -2.40. The molecule has 160 valence electrons. The van der Waals surface area contributed by atoms with Crippen molar-refractivity contribution in [1.82, 2.24) is 20.2 Å². The fourth-order valence-corrected chi connectivity index (χ4v) is 4.85. The number of carbonyl (C=O) groups excluding carboxylic acids is 2. The van der Waals surface area contributed by atoms with Gasteiger partial charge in [-0.1, -0.05) is 37.5 Å². The zero-order valence-corrected chi connectivity index (χ0v) is 17.2. The van der Waals surface area contributed by atoms with Gasteiger partial charge < -0.3 is 25.0 Å². The Kier molecular flexibility index (Phi) is 4.77. The fraction of sp³-hybridized carbons (Fsp3) is 0.348. The first-order valence-electron chi connectivity index (χ1n) is 10.6. The van der Waals surface area contributed by atoms with Crippen LogP contribution in [-0.4, -0.2) is 45.1 Å². The zero-order valence-electron chi connectivity index (χ0n) is 17.2. The average molecular weight is 420 g/mol. The monoisotopic (exact) mass is 420 g/mol. The molecule has 1 atom stereocenters. The van der Waals surface area contributed by atoms with Gasteiger partial charge in [0.05, 0.1) is 22.6 Å². The summed E-state index contributed by atoms with van der Waals surface area (Å²) in [6.45, 7) is 0. The standard InChI is InChI=1S/C23H24N4O4/c1-24-23(30)31-22-25-16-11-10-13(12-17(16)26-22)20-15-8-5-9-18(28)19(15)21(29)27(20)14-6-3-2-4-7-14/h5,8-12,14,20,28H,2-4,6-7H2,1H3,(H,24,30)(H,25,26). The number of ether oxygens (including phenoxy) is 1. The Morgan fingerprint density at radius 1 is 1.23 bits per heavy atom. The van der Waals surface area contributed by atoms with Crippen molar-refractivity contribution < 1.29 is 19.4 Å². The third-order valence-electron chi connectivity index (χ3n) is 6.26.